The van der Waals surface area contributed by atoms with Crippen LogP contribution in [-0.4, -0.2) is 56.2 Å². The molecule has 1 fully saturated rings. The van der Waals surface area contributed by atoms with Crippen LogP contribution >= 0.6 is 0 Å². The van der Waals surface area contributed by atoms with Gasteiger partial charge in [0.2, 0.25) is 0 Å². The zero-order chi connectivity index (χ0) is 19.6. The summed E-state index contributed by atoms with van der Waals surface area (Å²) >= 11 is 0. The zero-order valence-electron chi connectivity index (χ0n) is 15.8. The minimum atomic E-state index is 0.0338. The number of rotatable bonds is 5. The van der Waals surface area contributed by atoms with Gasteiger partial charge in [-0.2, -0.15) is 9.61 Å². The molecule has 0 aliphatic carbocycles. The summed E-state index contributed by atoms with van der Waals surface area (Å²) in [4.78, 5) is 23.8. The number of carbonyl (C=O) groups is 1. The Morgan fingerprint density at radius 2 is 1.90 bits per heavy atom. The van der Waals surface area contributed by atoms with Gasteiger partial charge in [-0.05, 0) is 24.3 Å². The maximum Gasteiger partial charge on any atom is 0.168 e. The van der Waals surface area contributed by atoms with Crippen molar-refractivity contribution >= 4 is 17.2 Å². The largest absolute Gasteiger partial charge is 0.378 e. The molecule has 29 heavy (non-hydrogen) atoms. The predicted octanol–water partition coefficient (Wildman–Crippen LogP) is 2.18. The maximum atomic E-state index is 12.9. The molecule has 3 aromatic heterocycles. The van der Waals surface area contributed by atoms with E-state index in [0.717, 1.165) is 35.9 Å². The van der Waals surface area contributed by atoms with E-state index in [1.807, 2.05) is 51.7 Å². The molecule has 0 amide bonds. The number of hydrogen-bond acceptors (Lipinski definition) is 6. The van der Waals surface area contributed by atoms with Crippen molar-refractivity contribution in [2.45, 2.75) is 6.42 Å². The Morgan fingerprint density at radius 3 is 2.66 bits per heavy atom. The topological polar surface area (TPSA) is 77.5 Å². The molecule has 5 rings (SSSR count). The lowest BCUT2D eigenvalue weighted by molar-refractivity contribution is 0.0992. The summed E-state index contributed by atoms with van der Waals surface area (Å²) in [7, 11) is 0. The van der Waals surface area contributed by atoms with Crippen LogP contribution in [-0.2, 0) is 11.2 Å². The standard InChI is InChI=1S/C21H20N6O2/c28-19(16-1-3-18(4-2-16)26-8-7-22-15-26)13-17-14-21(25-9-11-29-12-10-25)27-20(24-17)5-6-23-27/h1-8,14-15H,9-13H2. The van der Waals surface area contributed by atoms with E-state index in [-0.39, 0.29) is 12.2 Å². The molecule has 4 aromatic rings. The molecule has 1 aliphatic rings. The van der Waals surface area contributed by atoms with Crippen LogP contribution in [0.2, 0.25) is 0 Å². The van der Waals surface area contributed by atoms with Crippen LogP contribution in [0.5, 0.6) is 0 Å². The molecule has 0 radical (unpaired) electrons. The number of benzene rings is 1. The van der Waals surface area contributed by atoms with Crippen LogP contribution < -0.4 is 4.90 Å². The summed E-state index contributed by atoms with van der Waals surface area (Å²) in [5.41, 5.74) is 3.11. The number of hydrogen-bond donors (Lipinski definition) is 0. The maximum absolute atomic E-state index is 12.9. The fourth-order valence-corrected chi connectivity index (χ4v) is 3.55. The quantitative estimate of drug-likeness (QED) is 0.488. The Morgan fingerprint density at radius 1 is 1.07 bits per heavy atom. The van der Waals surface area contributed by atoms with Gasteiger partial charge in [0.1, 0.15) is 5.82 Å². The van der Waals surface area contributed by atoms with Gasteiger partial charge in [0.05, 0.1) is 37.9 Å². The summed E-state index contributed by atoms with van der Waals surface area (Å²) in [6.07, 6.45) is 7.29. The average molecular weight is 388 g/mol. The van der Waals surface area contributed by atoms with E-state index < -0.39 is 0 Å². The average Bonchev–Trinajstić information content (AvgIpc) is 3.46. The molecule has 0 saturated carbocycles. The third-order valence-electron chi connectivity index (χ3n) is 5.06. The molecule has 8 nitrogen and oxygen atoms in total. The van der Waals surface area contributed by atoms with E-state index in [9.17, 15) is 4.79 Å². The SMILES string of the molecule is O=C(Cc1cc(N2CCOCC2)n2nccc2n1)c1ccc(-n2ccnc2)cc1. The lowest BCUT2D eigenvalue weighted by Gasteiger charge is -2.29. The van der Waals surface area contributed by atoms with E-state index in [4.69, 9.17) is 4.74 Å². The van der Waals surface area contributed by atoms with Crippen LogP contribution in [0.15, 0.2) is 61.3 Å². The highest BCUT2D eigenvalue weighted by molar-refractivity contribution is 5.97. The number of ether oxygens (including phenoxy) is 1. The molecule has 0 spiro atoms. The van der Waals surface area contributed by atoms with Crippen molar-refractivity contribution in [3.63, 3.8) is 0 Å². The molecule has 1 aromatic carbocycles. The first-order chi connectivity index (χ1) is 14.3. The molecule has 0 unspecified atom stereocenters. The number of ketones is 1. The number of Topliss-reactive ketones (excluding diaryl/α,β-unsaturated/α-hetero) is 1. The Labute approximate surface area is 167 Å². The first kappa shape index (κ1) is 17.6. The normalized spacial score (nSPS) is 14.4. The molecule has 1 aliphatic heterocycles. The van der Waals surface area contributed by atoms with Gasteiger partial charge in [-0.3, -0.25) is 4.79 Å². The van der Waals surface area contributed by atoms with Crippen LogP contribution in [0, 0.1) is 0 Å². The van der Waals surface area contributed by atoms with Crippen molar-refractivity contribution in [2.24, 2.45) is 0 Å². The highest BCUT2D eigenvalue weighted by atomic mass is 16.5. The van der Waals surface area contributed by atoms with Gasteiger partial charge in [-0.15, -0.1) is 0 Å². The molecule has 0 N–H and O–H groups in total. The van der Waals surface area contributed by atoms with Gasteiger partial charge >= 0.3 is 0 Å². The molecule has 1 saturated heterocycles. The van der Waals surface area contributed by atoms with E-state index in [2.05, 4.69) is 20.0 Å². The molecular formula is C21H20N6O2. The Kier molecular flexibility index (Phi) is 4.53. The van der Waals surface area contributed by atoms with Gasteiger partial charge < -0.3 is 14.2 Å². The van der Waals surface area contributed by atoms with Gasteiger partial charge in [0.25, 0.3) is 0 Å². The van der Waals surface area contributed by atoms with Crippen LogP contribution in [0.3, 0.4) is 0 Å². The fourth-order valence-electron chi connectivity index (χ4n) is 3.55. The van der Waals surface area contributed by atoms with Crippen LogP contribution in [0.25, 0.3) is 11.3 Å². The summed E-state index contributed by atoms with van der Waals surface area (Å²) < 4.78 is 9.18. The number of nitrogens with zero attached hydrogens (tertiary/aromatic N) is 6. The van der Waals surface area contributed by atoms with Crippen molar-refractivity contribution in [2.75, 3.05) is 31.2 Å². The lowest BCUT2D eigenvalue weighted by atomic mass is 10.1. The van der Waals surface area contributed by atoms with Gasteiger partial charge in [0, 0.05) is 48.9 Å². The molecule has 0 bridgehead atoms. The van der Waals surface area contributed by atoms with E-state index in [0.29, 0.717) is 18.8 Å². The fraction of sp³-hybridized carbons (Fsp3) is 0.238. The van der Waals surface area contributed by atoms with Gasteiger partial charge in [0.15, 0.2) is 11.4 Å². The Bertz CT molecular complexity index is 1130. The monoisotopic (exact) mass is 388 g/mol. The van der Waals surface area contributed by atoms with Crippen LogP contribution in [0.4, 0.5) is 5.82 Å². The summed E-state index contributed by atoms with van der Waals surface area (Å²) in [5, 5.41) is 4.39. The molecule has 146 valence electrons. The summed E-state index contributed by atoms with van der Waals surface area (Å²) in [6, 6.07) is 11.3. The Balaban J connectivity index is 1.40. The molecule has 8 heteroatoms. The first-order valence-corrected chi connectivity index (χ1v) is 9.56. The third kappa shape index (κ3) is 3.50. The van der Waals surface area contributed by atoms with Crippen molar-refractivity contribution < 1.29 is 9.53 Å². The zero-order valence-corrected chi connectivity index (χ0v) is 15.8. The van der Waals surface area contributed by atoms with Crippen molar-refractivity contribution in [3.05, 3.63) is 72.6 Å². The molecule has 0 atom stereocenters. The summed E-state index contributed by atoms with van der Waals surface area (Å²) in [6.45, 7) is 2.95. The number of fused-ring (bicyclic) bond motifs is 1. The van der Waals surface area contributed by atoms with Gasteiger partial charge in [-0.25, -0.2) is 9.97 Å². The number of morpholine rings is 1. The second-order valence-corrected chi connectivity index (χ2v) is 6.92. The van der Waals surface area contributed by atoms with Crippen molar-refractivity contribution in [3.8, 4) is 5.69 Å². The minimum Gasteiger partial charge on any atom is -0.378 e. The number of anilines is 1. The van der Waals surface area contributed by atoms with Crippen molar-refractivity contribution in [1.82, 2.24) is 24.1 Å². The molecule has 4 heterocycles. The van der Waals surface area contributed by atoms with Gasteiger partial charge in [-0.1, -0.05) is 0 Å². The number of carbonyl (C=O) groups excluding carboxylic acids is 1. The second kappa shape index (κ2) is 7.48. The van der Waals surface area contributed by atoms with Crippen LogP contribution in [0.1, 0.15) is 16.1 Å². The minimum absolute atomic E-state index is 0.0338. The first-order valence-electron chi connectivity index (χ1n) is 9.56. The predicted molar refractivity (Wildman–Crippen MR) is 108 cm³/mol. The second-order valence-electron chi connectivity index (χ2n) is 6.92. The smallest absolute Gasteiger partial charge is 0.168 e. The van der Waals surface area contributed by atoms with E-state index in [1.54, 1.807) is 18.7 Å². The number of imidazole rings is 1. The van der Waals surface area contributed by atoms with Crippen molar-refractivity contribution in [1.29, 1.82) is 0 Å². The van der Waals surface area contributed by atoms with E-state index >= 15 is 0 Å². The number of aromatic nitrogens is 5. The highest BCUT2D eigenvalue weighted by Gasteiger charge is 2.18. The lowest BCUT2D eigenvalue weighted by Crippen LogP contribution is -2.37. The third-order valence-corrected chi connectivity index (χ3v) is 5.06. The molecular weight excluding hydrogens is 368 g/mol. The highest BCUT2D eigenvalue weighted by Crippen LogP contribution is 2.20. The van der Waals surface area contributed by atoms with E-state index in [1.165, 1.54) is 0 Å². The summed E-state index contributed by atoms with van der Waals surface area (Å²) in [5.74, 6) is 0.980. The Hall–Kier alpha value is -3.52.